The van der Waals surface area contributed by atoms with Gasteiger partial charge in [0.15, 0.2) is 5.82 Å². The summed E-state index contributed by atoms with van der Waals surface area (Å²) < 4.78 is 4.97. The maximum absolute atomic E-state index is 6.33. The Labute approximate surface area is 84.9 Å². The van der Waals surface area contributed by atoms with Gasteiger partial charge in [-0.15, -0.1) is 0 Å². The van der Waals surface area contributed by atoms with Crippen LogP contribution in [0.5, 0.6) is 0 Å². The van der Waals surface area contributed by atoms with Crippen LogP contribution in [-0.4, -0.2) is 10.1 Å². The molecule has 0 atom stereocenters. The SMILES string of the molecule is Cc1nc(C(N)(C(C)C)C(C)C)no1. The van der Waals surface area contributed by atoms with E-state index in [-0.39, 0.29) is 11.8 Å². The lowest BCUT2D eigenvalue weighted by Crippen LogP contribution is -2.47. The van der Waals surface area contributed by atoms with E-state index < -0.39 is 5.54 Å². The zero-order valence-corrected chi connectivity index (χ0v) is 9.53. The summed E-state index contributed by atoms with van der Waals surface area (Å²) in [6.45, 7) is 10.1. The Kier molecular flexibility index (Phi) is 2.95. The summed E-state index contributed by atoms with van der Waals surface area (Å²) in [5.74, 6) is 1.73. The molecular weight excluding hydrogens is 178 g/mol. The molecule has 0 bridgehead atoms. The first-order chi connectivity index (χ1) is 6.39. The van der Waals surface area contributed by atoms with E-state index in [4.69, 9.17) is 10.3 Å². The van der Waals surface area contributed by atoms with Crippen molar-refractivity contribution in [1.29, 1.82) is 0 Å². The third-order valence-corrected chi connectivity index (χ3v) is 2.83. The molecule has 0 unspecified atom stereocenters. The predicted molar refractivity (Wildman–Crippen MR) is 54.6 cm³/mol. The van der Waals surface area contributed by atoms with Crippen LogP contribution in [0.2, 0.25) is 0 Å². The van der Waals surface area contributed by atoms with Crippen molar-refractivity contribution < 1.29 is 4.52 Å². The molecule has 80 valence electrons. The Balaban J connectivity index is 3.12. The van der Waals surface area contributed by atoms with E-state index in [2.05, 4.69) is 37.8 Å². The van der Waals surface area contributed by atoms with Crippen LogP contribution < -0.4 is 5.73 Å². The summed E-state index contributed by atoms with van der Waals surface area (Å²) in [4.78, 5) is 4.22. The standard InChI is InChI=1S/C10H19N3O/c1-6(2)10(11,7(3)4)9-12-8(5)14-13-9/h6-7H,11H2,1-5H3. The fraction of sp³-hybridized carbons (Fsp3) is 0.800. The molecule has 0 aliphatic rings. The highest BCUT2D eigenvalue weighted by Crippen LogP contribution is 2.32. The molecule has 1 rings (SSSR count). The van der Waals surface area contributed by atoms with Gasteiger partial charge in [0.2, 0.25) is 5.89 Å². The Bertz CT molecular complexity index is 296. The van der Waals surface area contributed by atoms with Crippen LogP contribution in [0.1, 0.15) is 39.4 Å². The van der Waals surface area contributed by atoms with Crippen molar-refractivity contribution in [2.45, 2.75) is 40.2 Å². The van der Waals surface area contributed by atoms with Gasteiger partial charge in [-0.1, -0.05) is 32.9 Å². The second kappa shape index (κ2) is 3.69. The fourth-order valence-corrected chi connectivity index (χ4v) is 1.66. The van der Waals surface area contributed by atoms with E-state index >= 15 is 0 Å². The van der Waals surface area contributed by atoms with E-state index in [1.54, 1.807) is 6.92 Å². The number of rotatable bonds is 3. The average Bonchev–Trinajstić information content (AvgIpc) is 2.49. The third-order valence-electron chi connectivity index (χ3n) is 2.83. The molecule has 0 radical (unpaired) electrons. The number of aromatic nitrogens is 2. The zero-order valence-electron chi connectivity index (χ0n) is 9.53. The van der Waals surface area contributed by atoms with Gasteiger partial charge in [-0.3, -0.25) is 0 Å². The molecular formula is C10H19N3O. The van der Waals surface area contributed by atoms with Crippen LogP contribution >= 0.6 is 0 Å². The Morgan fingerprint density at radius 1 is 1.21 bits per heavy atom. The highest BCUT2D eigenvalue weighted by molar-refractivity contribution is 5.07. The van der Waals surface area contributed by atoms with E-state index in [1.165, 1.54) is 0 Å². The van der Waals surface area contributed by atoms with E-state index in [0.29, 0.717) is 11.7 Å². The summed E-state index contributed by atoms with van der Waals surface area (Å²) >= 11 is 0. The molecule has 0 aliphatic heterocycles. The summed E-state index contributed by atoms with van der Waals surface area (Å²) in [5.41, 5.74) is 5.83. The Morgan fingerprint density at radius 3 is 2.00 bits per heavy atom. The molecule has 1 aromatic rings. The van der Waals surface area contributed by atoms with Crippen molar-refractivity contribution in [3.05, 3.63) is 11.7 Å². The maximum atomic E-state index is 6.33. The normalized spacial score (nSPS) is 12.9. The fourth-order valence-electron chi connectivity index (χ4n) is 1.66. The maximum Gasteiger partial charge on any atom is 0.223 e. The summed E-state index contributed by atoms with van der Waals surface area (Å²) in [6, 6.07) is 0. The van der Waals surface area contributed by atoms with Crippen LogP contribution in [0.3, 0.4) is 0 Å². The number of hydrogen-bond donors (Lipinski definition) is 1. The molecule has 2 N–H and O–H groups in total. The van der Waals surface area contributed by atoms with Gasteiger partial charge in [0.05, 0.1) is 5.54 Å². The molecule has 4 nitrogen and oxygen atoms in total. The highest BCUT2D eigenvalue weighted by Gasteiger charge is 2.38. The molecule has 0 spiro atoms. The Hall–Kier alpha value is -0.900. The molecule has 1 aromatic heterocycles. The van der Waals surface area contributed by atoms with Gasteiger partial charge in [-0.2, -0.15) is 4.98 Å². The first kappa shape index (κ1) is 11.2. The number of nitrogens with two attached hydrogens (primary N) is 1. The minimum Gasteiger partial charge on any atom is -0.340 e. The Morgan fingerprint density at radius 2 is 1.71 bits per heavy atom. The second-order valence-corrected chi connectivity index (χ2v) is 4.38. The summed E-state index contributed by atoms with van der Waals surface area (Å²) in [6.07, 6.45) is 0. The van der Waals surface area contributed by atoms with Gasteiger partial charge >= 0.3 is 0 Å². The van der Waals surface area contributed by atoms with E-state index in [0.717, 1.165) is 0 Å². The zero-order chi connectivity index (χ0) is 10.9. The van der Waals surface area contributed by atoms with Crippen molar-refractivity contribution in [2.75, 3.05) is 0 Å². The molecule has 0 aliphatic carbocycles. The topological polar surface area (TPSA) is 64.9 Å². The third kappa shape index (κ3) is 1.66. The molecule has 0 fully saturated rings. The van der Waals surface area contributed by atoms with Crippen molar-refractivity contribution in [3.63, 3.8) is 0 Å². The lowest BCUT2D eigenvalue weighted by Gasteiger charge is -2.34. The van der Waals surface area contributed by atoms with E-state index in [1.807, 2.05) is 0 Å². The largest absolute Gasteiger partial charge is 0.340 e. The van der Waals surface area contributed by atoms with Gasteiger partial charge in [0.25, 0.3) is 0 Å². The van der Waals surface area contributed by atoms with Gasteiger partial charge in [-0.25, -0.2) is 0 Å². The number of nitrogens with zero attached hydrogens (tertiary/aromatic N) is 2. The molecule has 0 amide bonds. The van der Waals surface area contributed by atoms with Crippen LogP contribution in [-0.2, 0) is 5.54 Å². The first-order valence-corrected chi connectivity index (χ1v) is 4.98. The van der Waals surface area contributed by atoms with Gasteiger partial charge < -0.3 is 10.3 Å². The number of aryl methyl sites for hydroxylation is 1. The lowest BCUT2D eigenvalue weighted by atomic mass is 9.77. The molecule has 1 heterocycles. The first-order valence-electron chi connectivity index (χ1n) is 4.98. The summed E-state index contributed by atoms with van der Waals surface area (Å²) in [5, 5.41) is 3.92. The average molecular weight is 197 g/mol. The molecule has 4 heteroatoms. The minimum absolute atomic E-state index is 0.277. The van der Waals surface area contributed by atoms with Crippen LogP contribution in [0.25, 0.3) is 0 Å². The van der Waals surface area contributed by atoms with Crippen LogP contribution in [0, 0.1) is 18.8 Å². The van der Waals surface area contributed by atoms with Crippen molar-refractivity contribution in [3.8, 4) is 0 Å². The summed E-state index contributed by atoms with van der Waals surface area (Å²) in [7, 11) is 0. The molecule has 0 aromatic carbocycles. The van der Waals surface area contributed by atoms with E-state index in [9.17, 15) is 0 Å². The van der Waals surface area contributed by atoms with Crippen molar-refractivity contribution in [1.82, 2.24) is 10.1 Å². The second-order valence-electron chi connectivity index (χ2n) is 4.38. The lowest BCUT2D eigenvalue weighted by molar-refractivity contribution is 0.205. The van der Waals surface area contributed by atoms with Gasteiger partial charge in [0, 0.05) is 6.92 Å². The monoisotopic (exact) mass is 197 g/mol. The predicted octanol–water partition coefficient (Wildman–Crippen LogP) is 1.84. The number of hydrogen-bond acceptors (Lipinski definition) is 4. The van der Waals surface area contributed by atoms with Crippen LogP contribution in [0.15, 0.2) is 4.52 Å². The highest BCUT2D eigenvalue weighted by atomic mass is 16.5. The molecule has 0 saturated heterocycles. The van der Waals surface area contributed by atoms with Crippen molar-refractivity contribution >= 4 is 0 Å². The van der Waals surface area contributed by atoms with Gasteiger partial charge in [0.1, 0.15) is 0 Å². The smallest absolute Gasteiger partial charge is 0.223 e. The molecule has 14 heavy (non-hydrogen) atoms. The van der Waals surface area contributed by atoms with Crippen LogP contribution in [0.4, 0.5) is 0 Å². The quantitative estimate of drug-likeness (QED) is 0.803. The van der Waals surface area contributed by atoms with Gasteiger partial charge in [-0.05, 0) is 11.8 Å². The minimum atomic E-state index is -0.502. The molecule has 0 saturated carbocycles. The van der Waals surface area contributed by atoms with Crippen molar-refractivity contribution in [2.24, 2.45) is 17.6 Å².